The van der Waals surface area contributed by atoms with Gasteiger partial charge in [0.15, 0.2) is 5.78 Å². The van der Waals surface area contributed by atoms with E-state index in [1.165, 1.54) is 11.8 Å². The van der Waals surface area contributed by atoms with Gasteiger partial charge in [0, 0.05) is 18.0 Å². The second-order valence-corrected chi connectivity index (χ2v) is 7.64. The van der Waals surface area contributed by atoms with Crippen LogP contribution in [-0.2, 0) is 9.53 Å². The van der Waals surface area contributed by atoms with Gasteiger partial charge in [0.25, 0.3) is 17.4 Å². The zero-order chi connectivity index (χ0) is 20.1. The molecule has 28 heavy (non-hydrogen) atoms. The molecule has 2 aliphatic rings. The Morgan fingerprint density at radius 1 is 1.25 bits per heavy atom. The lowest BCUT2D eigenvalue weighted by molar-refractivity contribution is -0.132. The minimum absolute atomic E-state index is 0.0226. The van der Waals surface area contributed by atoms with Gasteiger partial charge >= 0.3 is 6.03 Å². The SMILES string of the molecule is CSC1=NN(C(N)=O)C(C(=O)C[C@H]2CCCC[C@@H]2NC(=O)c2ccccc2)O1. The van der Waals surface area contributed by atoms with Gasteiger partial charge < -0.3 is 15.8 Å². The number of carbonyl (C=O) groups excluding carboxylic acids is 3. The monoisotopic (exact) mass is 404 g/mol. The van der Waals surface area contributed by atoms with Crippen molar-refractivity contribution < 1.29 is 19.1 Å². The van der Waals surface area contributed by atoms with Gasteiger partial charge in [-0.1, -0.05) is 42.8 Å². The van der Waals surface area contributed by atoms with E-state index in [1.54, 1.807) is 18.4 Å². The summed E-state index contributed by atoms with van der Waals surface area (Å²) in [5.41, 5.74) is 5.91. The molecule has 0 spiro atoms. The Morgan fingerprint density at radius 3 is 2.64 bits per heavy atom. The van der Waals surface area contributed by atoms with E-state index in [1.807, 2.05) is 18.2 Å². The number of hydrogen-bond donors (Lipinski definition) is 2. The highest BCUT2D eigenvalue weighted by molar-refractivity contribution is 8.12. The summed E-state index contributed by atoms with van der Waals surface area (Å²) >= 11 is 1.20. The molecular weight excluding hydrogens is 380 g/mol. The molecule has 0 radical (unpaired) electrons. The van der Waals surface area contributed by atoms with Gasteiger partial charge in [0.1, 0.15) is 0 Å². The lowest BCUT2D eigenvalue weighted by atomic mass is 9.81. The van der Waals surface area contributed by atoms with Crippen molar-refractivity contribution in [3.8, 4) is 0 Å². The van der Waals surface area contributed by atoms with Crippen molar-refractivity contribution in [1.29, 1.82) is 0 Å². The molecule has 1 aromatic rings. The molecule has 1 aliphatic heterocycles. The molecule has 9 heteroatoms. The highest BCUT2D eigenvalue weighted by atomic mass is 32.2. The molecule has 0 bridgehead atoms. The number of ether oxygens (including phenoxy) is 1. The van der Waals surface area contributed by atoms with Crippen LogP contribution >= 0.6 is 11.8 Å². The number of rotatable bonds is 5. The Kier molecular flexibility index (Phi) is 6.56. The van der Waals surface area contributed by atoms with Crippen molar-refractivity contribution in [2.75, 3.05) is 6.26 Å². The van der Waals surface area contributed by atoms with Crippen molar-refractivity contribution in [3.63, 3.8) is 0 Å². The molecule has 0 saturated heterocycles. The maximum absolute atomic E-state index is 12.8. The van der Waals surface area contributed by atoms with Crippen LogP contribution in [0.5, 0.6) is 0 Å². The number of hydrogen-bond acceptors (Lipinski definition) is 6. The zero-order valence-corrected chi connectivity index (χ0v) is 16.5. The minimum atomic E-state index is -1.13. The summed E-state index contributed by atoms with van der Waals surface area (Å²) in [5, 5.41) is 8.11. The van der Waals surface area contributed by atoms with E-state index in [-0.39, 0.29) is 35.3 Å². The molecule has 1 aliphatic carbocycles. The fourth-order valence-corrected chi connectivity index (χ4v) is 3.96. The Balaban J connectivity index is 1.65. The van der Waals surface area contributed by atoms with Crippen LogP contribution in [0.25, 0.3) is 0 Å². The van der Waals surface area contributed by atoms with E-state index < -0.39 is 12.3 Å². The molecule has 1 fully saturated rings. The van der Waals surface area contributed by atoms with Crippen LogP contribution in [0.3, 0.4) is 0 Å². The number of carbonyl (C=O) groups is 3. The predicted octanol–water partition coefficient (Wildman–Crippen LogP) is 2.31. The van der Waals surface area contributed by atoms with Crippen LogP contribution < -0.4 is 11.1 Å². The topological polar surface area (TPSA) is 114 Å². The van der Waals surface area contributed by atoms with Crippen molar-refractivity contribution in [2.24, 2.45) is 16.8 Å². The molecule has 3 N–H and O–H groups in total. The number of thioether (sulfide) groups is 1. The van der Waals surface area contributed by atoms with Crippen molar-refractivity contribution in [3.05, 3.63) is 35.9 Å². The van der Waals surface area contributed by atoms with Crippen LogP contribution in [0.15, 0.2) is 35.4 Å². The third-order valence-electron chi connectivity index (χ3n) is 5.02. The molecule has 1 saturated carbocycles. The third kappa shape index (κ3) is 4.64. The summed E-state index contributed by atoms with van der Waals surface area (Å²) < 4.78 is 5.47. The first kappa shape index (κ1) is 20.2. The van der Waals surface area contributed by atoms with Crippen LogP contribution in [-0.4, -0.2) is 46.5 Å². The summed E-state index contributed by atoms with van der Waals surface area (Å²) in [6.07, 6.45) is 4.42. The molecule has 3 atom stereocenters. The van der Waals surface area contributed by atoms with Gasteiger partial charge in [-0.3, -0.25) is 9.59 Å². The lowest BCUT2D eigenvalue weighted by Gasteiger charge is -2.32. The minimum Gasteiger partial charge on any atom is -0.438 e. The quantitative estimate of drug-likeness (QED) is 0.782. The second-order valence-electron chi connectivity index (χ2n) is 6.88. The average Bonchev–Trinajstić information content (AvgIpc) is 3.15. The van der Waals surface area contributed by atoms with Gasteiger partial charge in [-0.05, 0) is 37.1 Å². The van der Waals surface area contributed by atoms with E-state index in [2.05, 4.69) is 10.4 Å². The summed E-state index contributed by atoms with van der Waals surface area (Å²) in [5.74, 6) is -0.433. The number of primary amides is 1. The van der Waals surface area contributed by atoms with E-state index in [0.29, 0.717) is 5.56 Å². The fourth-order valence-electron chi connectivity index (χ4n) is 3.61. The zero-order valence-electron chi connectivity index (χ0n) is 15.7. The number of Topliss-reactive ketones (excluding diaryl/α,β-unsaturated/α-hetero) is 1. The van der Waals surface area contributed by atoms with Gasteiger partial charge in [-0.25, -0.2) is 4.79 Å². The largest absolute Gasteiger partial charge is 0.438 e. The first-order valence-electron chi connectivity index (χ1n) is 9.26. The van der Waals surface area contributed by atoms with Gasteiger partial charge in [0.05, 0.1) is 0 Å². The molecule has 8 nitrogen and oxygen atoms in total. The third-order valence-corrected chi connectivity index (χ3v) is 5.55. The number of nitrogens with zero attached hydrogens (tertiary/aromatic N) is 2. The Morgan fingerprint density at radius 2 is 1.96 bits per heavy atom. The van der Waals surface area contributed by atoms with Crippen LogP contribution in [0, 0.1) is 5.92 Å². The normalized spacial score (nSPS) is 24.2. The summed E-state index contributed by atoms with van der Waals surface area (Å²) in [6, 6.07) is 8.07. The van der Waals surface area contributed by atoms with Crippen molar-refractivity contribution in [1.82, 2.24) is 10.3 Å². The van der Waals surface area contributed by atoms with E-state index in [0.717, 1.165) is 30.7 Å². The number of nitrogens with one attached hydrogen (secondary N) is 1. The number of ketones is 1. The van der Waals surface area contributed by atoms with Crippen molar-refractivity contribution in [2.45, 2.75) is 44.4 Å². The molecule has 0 aromatic heterocycles. The highest BCUT2D eigenvalue weighted by Crippen LogP contribution is 2.30. The smallest absolute Gasteiger partial charge is 0.339 e. The van der Waals surface area contributed by atoms with E-state index in [4.69, 9.17) is 10.5 Å². The van der Waals surface area contributed by atoms with Crippen LogP contribution in [0.1, 0.15) is 42.5 Å². The standard InChI is InChI=1S/C19H24N4O4S/c1-28-19-22-23(18(20)26)17(27-19)15(24)11-13-9-5-6-10-14(13)21-16(25)12-7-3-2-4-8-12/h2-4,7-8,13-14,17H,5-6,9-11H2,1H3,(H2,20,26)(H,21,25)/t13-,14+,17?/m1/s1. The molecule has 3 rings (SSSR count). The lowest BCUT2D eigenvalue weighted by Crippen LogP contribution is -2.46. The Labute approximate surface area is 167 Å². The van der Waals surface area contributed by atoms with Crippen molar-refractivity contribution >= 4 is 34.7 Å². The van der Waals surface area contributed by atoms with Gasteiger partial charge in [-0.15, -0.1) is 5.10 Å². The number of nitrogens with two attached hydrogens (primary N) is 1. The second kappa shape index (κ2) is 9.09. The number of hydrazone groups is 1. The number of benzene rings is 1. The highest BCUT2D eigenvalue weighted by Gasteiger charge is 2.39. The fraction of sp³-hybridized carbons (Fsp3) is 0.474. The van der Waals surface area contributed by atoms with Crippen LogP contribution in [0.4, 0.5) is 4.79 Å². The maximum Gasteiger partial charge on any atom is 0.339 e. The van der Waals surface area contributed by atoms with E-state index >= 15 is 0 Å². The molecule has 3 amide bonds. The number of amides is 3. The summed E-state index contributed by atoms with van der Waals surface area (Å²) in [6.45, 7) is 0. The Bertz CT molecular complexity index is 770. The number of urea groups is 1. The molecule has 1 aromatic carbocycles. The van der Waals surface area contributed by atoms with Gasteiger partial charge in [0.2, 0.25) is 0 Å². The molecule has 150 valence electrons. The summed E-state index contributed by atoms with van der Waals surface area (Å²) in [4.78, 5) is 36.9. The molecule has 1 unspecified atom stereocenters. The first-order chi connectivity index (χ1) is 13.5. The predicted molar refractivity (Wildman–Crippen MR) is 107 cm³/mol. The van der Waals surface area contributed by atoms with Gasteiger partial charge in [-0.2, -0.15) is 5.01 Å². The molecule has 1 heterocycles. The van der Waals surface area contributed by atoms with E-state index in [9.17, 15) is 14.4 Å². The van der Waals surface area contributed by atoms with Crippen LogP contribution in [0.2, 0.25) is 0 Å². The Hall–Kier alpha value is -2.55. The average molecular weight is 404 g/mol. The first-order valence-corrected chi connectivity index (χ1v) is 10.5. The maximum atomic E-state index is 12.8. The summed E-state index contributed by atoms with van der Waals surface area (Å²) in [7, 11) is 0. The molecular formula is C19H24N4O4S.